The summed E-state index contributed by atoms with van der Waals surface area (Å²) in [7, 11) is 0. The highest BCUT2D eigenvalue weighted by molar-refractivity contribution is 5.92. The number of nitrogens with zero attached hydrogens (tertiary/aromatic N) is 1. The van der Waals surface area contributed by atoms with Gasteiger partial charge in [-0.25, -0.2) is 4.79 Å². The van der Waals surface area contributed by atoms with Gasteiger partial charge in [0.1, 0.15) is 23.4 Å². The number of aromatic hydroxyl groups is 1. The Balaban J connectivity index is 2.34. The van der Waals surface area contributed by atoms with Crippen molar-refractivity contribution in [1.29, 1.82) is 0 Å². The van der Waals surface area contributed by atoms with Crippen LogP contribution in [0.1, 0.15) is 77.8 Å². The van der Waals surface area contributed by atoms with Crippen LogP contribution in [0.4, 0.5) is 4.79 Å². The van der Waals surface area contributed by atoms with E-state index in [1.54, 1.807) is 32.9 Å². The lowest BCUT2D eigenvalue weighted by atomic mass is 9.88. The Bertz CT molecular complexity index is 817. The quantitative estimate of drug-likeness (QED) is 0.363. The second-order valence-electron chi connectivity index (χ2n) is 9.70. The predicted molar refractivity (Wildman–Crippen MR) is 128 cm³/mol. The number of benzene rings is 1. The zero-order valence-electron chi connectivity index (χ0n) is 20.7. The largest absolute Gasteiger partial charge is 0.508 e. The molecule has 1 aromatic rings. The van der Waals surface area contributed by atoms with Gasteiger partial charge in [-0.15, -0.1) is 0 Å². The van der Waals surface area contributed by atoms with Crippen LogP contribution in [-0.4, -0.2) is 63.9 Å². The van der Waals surface area contributed by atoms with Crippen LogP contribution < -0.4 is 10.6 Å². The van der Waals surface area contributed by atoms with Crippen molar-refractivity contribution < 1.29 is 29.3 Å². The number of phenols is 1. The molecule has 190 valence electrons. The number of rotatable bonds is 11. The highest BCUT2D eigenvalue weighted by Gasteiger charge is 2.41. The smallest absolute Gasteiger partial charge is 0.408 e. The first-order chi connectivity index (χ1) is 16.1. The van der Waals surface area contributed by atoms with E-state index in [-0.39, 0.29) is 17.7 Å². The molecule has 1 aliphatic carbocycles. The number of aliphatic hydroxyl groups is 1. The Morgan fingerprint density at radius 1 is 1.15 bits per heavy atom. The lowest BCUT2D eigenvalue weighted by molar-refractivity contribution is -0.148. The number of phenolic OH excluding ortho intramolecular Hbond substituents is 1. The van der Waals surface area contributed by atoms with Crippen LogP contribution in [0.3, 0.4) is 0 Å². The zero-order chi connectivity index (χ0) is 25.3. The summed E-state index contributed by atoms with van der Waals surface area (Å²) >= 11 is 0. The van der Waals surface area contributed by atoms with Crippen molar-refractivity contribution in [1.82, 2.24) is 15.5 Å². The maximum atomic E-state index is 13.6. The number of hydrogen-bond donors (Lipinski definition) is 4. The second-order valence-corrected chi connectivity index (χ2v) is 9.70. The van der Waals surface area contributed by atoms with Gasteiger partial charge in [0.15, 0.2) is 0 Å². The minimum absolute atomic E-state index is 0.0483. The summed E-state index contributed by atoms with van der Waals surface area (Å²) in [6.07, 6.45) is 4.33. The molecule has 3 amide bonds. The van der Waals surface area contributed by atoms with E-state index in [9.17, 15) is 24.6 Å². The van der Waals surface area contributed by atoms with E-state index < -0.39 is 36.3 Å². The van der Waals surface area contributed by atoms with Gasteiger partial charge in [0.2, 0.25) is 11.8 Å². The Kier molecular flexibility index (Phi) is 10.2. The number of amides is 3. The van der Waals surface area contributed by atoms with Crippen molar-refractivity contribution in [2.75, 3.05) is 13.2 Å². The molecule has 2 unspecified atom stereocenters. The second kappa shape index (κ2) is 12.6. The third-order valence-electron chi connectivity index (χ3n) is 5.71. The van der Waals surface area contributed by atoms with Gasteiger partial charge < -0.3 is 30.5 Å². The molecule has 0 spiro atoms. The molecule has 1 aliphatic rings. The first-order valence-electron chi connectivity index (χ1n) is 12.1. The van der Waals surface area contributed by atoms with Crippen LogP contribution in [0.15, 0.2) is 24.3 Å². The average Bonchev–Trinajstić information content (AvgIpc) is 2.73. The molecule has 0 radical (unpaired) electrons. The van der Waals surface area contributed by atoms with Gasteiger partial charge in [-0.1, -0.05) is 31.9 Å². The molecule has 2 atom stereocenters. The van der Waals surface area contributed by atoms with Crippen LogP contribution in [0.2, 0.25) is 0 Å². The van der Waals surface area contributed by atoms with Crippen LogP contribution in [0.5, 0.6) is 5.75 Å². The Labute approximate surface area is 201 Å². The maximum absolute atomic E-state index is 13.6. The van der Waals surface area contributed by atoms with Gasteiger partial charge in [-0.3, -0.25) is 9.59 Å². The number of carbonyl (C=O) groups is 3. The van der Waals surface area contributed by atoms with Crippen LogP contribution in [0.25, 0.3) is 0 Å². The molecule has 2 rings (SSSR count). The average molecular weight is 478 g/mol. The topological polar surface area (TPSA) is 128 Å². The fourth-order valence-electron chi connectivity index (χ4n) is 3.78. The molecule has 1 saturated carbocycles. The van der Waals surface area contributed by atoms with Crippen molar-refractivity contribution in [2.24, 2.45) is 0 Å². The zero-order valence-corrected chi connectivity index (χ0v) is 20.7. The molecule has 9 heteroatoms. The van der Waals surface area contributed by atoms with Crippen molar-refractivity contribution in [3.63, 3.8) is 0 Å². The van der Waals surface area contributed by atoms with Crippen LogP contribution in [-0.2, 0) is 14.3 Å². The van der Waals surface area contributed by atoms with Gasteiger partial charge in [-0.2, -0.15) is 0 Å². The Hall–Kier alpha value is -2.81. The first-order valence-corrected chi connectivity index (χ1v) is 12.1. The molecule has 9 nitrogen and oxygen atoms in total. The molecule has 1 aromatic carbocycles. The maximum Gasteiger partial charge on any atom is 0.408 e. The fourth-order valence-corrected chi connectivity index (χ4v) is 3.78. The van der Waals surface area contributed by atoms with E-state index in [0.717, 1.165) is 25.7 Å². The van der Waals surface area contributed by atoms with E-state index in [4.69, 9.17) is 4.74 Å². The highest BCUT2D eigenvalue weighted by atomic mass is 16.6. The van der Waals surface area contributed by atoms with E-state index in [0.29, 0.717) is 24.9 Å². The van der Waals surface area contributed by atoms with Crippen molar-refractivity contribution in [3.05, 3.63) is 29.8 Å². The first kappa shape index (κ1) is 27.4. The van der Waals surface area contributed by atoms with Gasteiger partial charge >= 0.3 is 6.09 Å². The van der Waals surface area contributed by atoms with Crippen molar-refractivity contribution in [3.8, 4) is 5.75 Å². The number of nitrogens with one attached hydrogen (secondary N) is 2. The minimum Gasteiger partial charge on any atom is -0.508 e. The summed E-state index contributed by atoms with van der Waals surface area (Å²) in [6.45, 7) is 7.02. The number of aliphatic hydroxyl groups excluding tert-OH is 1. The molecule has 4 N–H and O–H groups in total. The molecule has 0 saturated heterocycles. The molecule has 1 fully saturated rings. The summed E-state index contributed by atoms with van der Waals surface area (Å²) in [5, 5.41) is 25.1. The summed E-state index contributed by atoms with van der Waals surface area (Å²) in [6, 6.07) is 3.73. The van der Waals surface area contributed by atoms with E-state index in [1.807, 2.05) is 0 Å². The number of alkyl carbamates (subject to hydrolysis) is 1. The molecule has 0 bridgehead atoms. The molecular weight excluding hydrogens is 438 g/mol. The minimum atomic E-state index is -1.26. The van der Waals surface area contributed by atoms with Gasteiger partial charge in [-0.05, 0) is 64.2 Å². The summed E-state index contributed by atoms with van der Waals surface area (Å²) in [4.78, 5) is 40.8. The number of hydrogen-bond acceptors (Lipinski definition) is 6. The van der Waals surface area contributed by atoms with Gasteiger partial charge in [0, 0.05) is 12.6 Å². The molecule has 0 aromatic heterocycles. The molecule has 34 heavy (non-hydrogen) atoms. The van der Waals surface area contributed by atoms with Gasteiger partial charge in [0.25, 0.3) is 0 Å². The number of ether oxygens (including phenoxy) is 1. The van der Waals surface area contributed by atoms with Crippen LogP contribution >= 0.6 is 0 Å². The summed E-state index contributed by atoms with van der Waals surface area (Å²) in [5.74, 6) is -0.844. The SMILES string of the molecule is CCCCCNC(=O)C(c1ccc(O)cc1)N(C(=O)C(CO)NC(=O)OC(C)(C)C)C1CCC1. The van der Waals surface area contributed by atoms with Gasteiger partial charge in [0.05, 0.1) is 6.61 Å². The number of unbranched alkanes of at least 4 members (excludes halogenated alkanes) is 2. The molecule has 0 heterocycles. The van der Waals surface area contributed by atoms with E-state index in [2.05, 4.69) is 17.6 Å². The van der Waals surface area contributed by atoms with E-state index in [1.165, 1.54) is 17.0 Å². The predicted octanol–water partition coefficient (Wildman–Crippen LogP) is 3.01. The monoisotopic (exact) mass is 477 g/mol. The fraction of sp³-hybridized carbons (Fsp3) is 0.640. The standard InChI is InChI=1S/C25H39N3O6/c1-5-6-7-15-26-22(31)21(17-11-13-19(30)14-12-17)28(18-9-8-10-18)23(32)20(16-29)27-24(33)34-25(2,3)4/h11-14,18,20-21,29-30H,5-10,15-16H2,1-4H3,(H,26,31)(H,27,33). The normalized spacial score (nSPS) is 15.6. The molecular formula is C25H39N3O6. The highest BCUT2D eigenvalue weighted by Crippen LogP contribution is 2.34. The Morgan fingerprint density at radius 2 is 1.79 bits per heavy atom. The lowest BCUT2D eigenvalue weighted by Crippen LogP contribution is -2.58. The molecule has 0 aliphatic heterocycles. The van der Waals surface area contributed by atoms with E-state index >= 15 is 0 Å². The van der Waals surface area contributed by atoms with Crippen molar-refractivity contribution >= 4 is 17.9 Å². The van der Waals surface area contributed by atoms with Crippen molar-refractivity contribution in [2.45, 2.75) is 89.9 Å². The summed E-state index contributed by atoms with van der Waals surface area (Å²) < 4.78 is 5.24. The number of carbonyl (C=O) groups excluding carboxylic acids is 3. The summed E-state index contributed by atoms with van der Waals surface area (Å²) in [5.41, 5.74) is -0.228. The van der Waals surface area contributed by atoms with Crippen LogP contribution in [0, 0.1) is 0 Å². The lowest BCUT2D eigenvalue weighted by Gasteiger charge is -2.43. The Morgan fingerprint density at radius 3 is 2.29 bits per heavy atom. The third-order valence-corrected chi connectivity index (χ3v) is 5.71. The third kappa shape index (κ3) is 7.90.